The van der Waals surface area contributed by atoms with Gasteiger partial charge < -0.3 is 5.32 Å². The first kappa shape index (κ1) is 20.6. The number of anilines is 1. The highest BCUT2D eigenvalue weighted by Gasteiger charge is 2.32. The third-order valence-electron chi connectivity index (χ3n) is 5.38. The lowest BCUT2D eigenvalue weighted by Gasteiger charge is -2.31. The fourth-order valence-electron chi connectivity index (χ4n) is 3.54. The average molecular weight is 401 g/mol. The first-order valence-corrected chi connectivity index (χ1v) is 11.4. The van der Waals surface area contributed by atoms with Crippen molar-refractivity contribution in [2.75, 3.05) is 18.4 Å². The lowest BCUT2D eigenvalue weighted by molar-refractivity contribution is -0.120. The predicted octanol–water partition coefficient (Wildman–Crippen LogP) is 3.74. The van der Waals surface area contributed by atoms with E-state index in [4.69, 9.17) is 0 Å². The number of benzene rings is 2. The summed E-state index contributed by atoms with van der Waals surface area (Å²) in [6, 6.07) is 15.3. The molecule has 3 rings (SSSR count). The molecule has 2 aromatic rings. The molecule has 1 fully saturated rings. The van der Waals surface area contributed by atoms with Gasteiger partial charge in [0, 0.05) is 18.8 Å². The summed E-state index contributed by atoms with van der Waals surface area (Å²) in [6.45, 7) is 4.72. The second-order valence-corrected chi connectivity index (χ2v) is 9.39. The van der Waals surface area contributed by atoms with Crippen LogP contribution in [-0.2, 0) is 27.0 Å². The van der Waals surface area contributed by atoms with E-state index < -0.39 is 10.0 Å². The summed E-state index contributed by atoms with van der Waals surface area (Å²) in [5.41, 5.74) is 3.74. The minimum absolute atomic E-state index is 0.0213. The molecule has 28 heavy (non-hydrogen) atoms. The van der Waals surface area contributed by atoms with Crippen LogP contribution < -0.4 is 5.32 Å². The van der Waals surface area contributed by atoms with E-state index in [1.807, 2.05) is 55.5 Å². The van der Waals surface area contributed by atoms with Crippen molar-refractivity contribution in [1.82, 2.24) is 4.31 Å². The number of amides is 1. The van der Waals surface area contributed by atoms with E-state index in [-0.39, 0.29) is 24.1 Å². The fraction of sp³-hybridized carbons (Fsp3) is 0.409. The van der Waals surface area contributed by atoms with Gasteiger partial charge >= 0.3 is 0 Å². The number of carbonyl (C=O) groups excluding carboxylic acids is 1. The van der Waals surface area contributed by atoms with Crippen LogP contribution in [0.15, 0.2) is 48.5 Å². The molecular weight excluding hydrogens is 372 g/mol. The summed E-state index contributed by atoms with van der Waals surface area (Å²) in [5, 5.41) is 2.93. The molecule has 0 bridgehead atoms. The number of aryl methyl sites for hydroxylation is 2. The van der Waals surface area contributed by atoms with Gasteiger partial charge in [0.1, 0.15) is 0 Å². The molecule has 1 amide bonds. The van der Waals surface area contributed by atoms with Crippen molar-refractivity contribution in [2.24, 2.45) is 5.92 Å². The SMILES string of the molecule is CCc1ccc(NC(=O)C2CCCN(S(=O)(=O)Cc3ccccc3C)C2)cc1. The quantitative estimate of drug-likeness (QED) is 0.803. The lowest BCUT2D eigenvalue weighted by atomic mass is 9.98. The number of nitrogens with zero attached hydrogens (tertiary/aromatic N) is 1. The Balaban J connectivity index is 1.65. The van der Waals surface area contributed by atoms with Crippen molar-refractivity contribution in [1.29, 1.82) is 0 Å². The summed E-state index contributed by atoms with van der Waals surface area (Å²) in [7, 11) is -3.45. The topological polar surface area (TPSA) is 66.5 Å². The molecule has 1 saturated heterocycles. The molecule has 2 aromatic carbocycles. The zero-order chi connectivity index (χ0) is 20.1. The first-order chi connectivity index (χ1) is 13.4. The van der Waals surface area contributed by atoms with Crippen LogP contribution >= 0.6 is 0 Å². The summed E-state index contributed by atoms with van der Waals surface area (Å²) in [4.78, 5) is 12.7. The molecule has 1 aliphatic heterocycles. The van der Waals surface area contributed by atoms with E-state index in [0.29, 0.717) is 19.4 Å². The monoisotopic (exact) mass is 400 g/mol. The van der Waals surface area contributed by atoms with Crippen LogP contribution in [0.5, 0.6) is 0 Å². The molecule has 1 atom stereocenters. The molecular formula is C22H28N2O3S. The Morgan fingerprint density at radius 3 is 2.54 bits per heavy atom. The Kier molecular flexibility index (Phi) is 6.52. The number of hydrogen-bond acceptors (Lipinski definition) is 3. The molecule has 150 valence electrons. The summed E-state index contributed by atoms with van der Waals surface area (Å²) in [5.74, 6) is -0.460. The maximum Gasteiger partial charge on any atom is 0.228 e. The normalized spacial score (nSPS) is 18.0. The Morgan fingerprint density at radius 2 is 1.86 bits per heavy atom. The Bertz CT molecular complexity index is 923. The van der Waals surface area contributed by atoms with Gasteiger partial charge in [-0.3, -0.25) is 4.79 Å². The third-order valence-corrected chi connectivity index (χ3v) is 7.17. The molecule has 6 heteroatoms. The number of carbonyl (C=O) groups is 1. The van der Waals surface area contributed by atoms with Gasteiger partial charge in [0.25, 0.3) is 0 Å². The molecule has 0 saturated carbocycles. The van der Waals surface area contributed by atoms with Gasteiger partial charge in [0.15, 0.2) is 0 Å². The third kappa shape index (κ3) is 5.00. The van der Waals surface area contributed by atoms with Crippen LogP contribution in [0.4, 0.5) is 5.69 Å². The van der Waals surface area contributed by atoms with E-state index in [9.17, 15) is 13.2 Å². The van der Waals surface area contributed by atoms with Crippen molar-refractivity contribution in [2.45, 2.75) is 38.9 Å². The van der Waals surface area contributed by atoms with Gasteiger partial charge in [-0.15, -0.1) is 0 Å². The summed E-state index contributed by atoms with van der Waals surface area (Å²) >= 11 is 0. The number of hydrogen-bond donors (Lipinski definition) is 1. The van der Waals surface area contributed by atoms with Crippen molar-refractivity contribution < 1.29 is 13.2 Å². The van der Waals surface area contributed by atoms with Gasteiger partial charge in [-0.1, -0.05) is 43.3 Å². The number of nitrogens with one attached hydrogen (secondary N) is 1. The van der Waals surface area contributed by atoms with Crippen molar-refractivity contribution >= 4 is 21.6 Å². The number of rotatable bonds is 6. The van der Waals surface area contributed by atoms with E-state index in [1.54, 1.807) is 0 Å². The smallest absolute Gasteiger partial charge is 0.228 e. The van der Waals surface area contributed by atoms with E-state index in [2.05, 4.69) is 12.2 Å². The van der Waals surface area contributed by atoms with Crippen LogP contribution in [0.1, 0.15) is 36.5 Å². The van der Waals surface area contributed by atoms with Gasteiger partial charge in [0.2, 0.25) is 15.9 Å². The zero-order valence-corrected chi connectivity index (χ0v) is 17.3. The largest absolute Gasteiger partial charge is 0.326 e. The lowest BCUT2D eigenvalue weighted by Crippen LogP contribution is -2.44. The van der Waals surface area contributed by atoms with Crippen LogP contribution in [-0.4, -0.2) is 31.7 Å². The van der Waals surface area contributed by atoms with E-state index >= 15 is 0 Å². The van der Waals surface area contributed by atoms with Crippen LogP contribution in [0.2, 0.25) is 0 Å². The minimum Gasteiger partial charge on any atom is -0.326 e. The second-order valence-electron chi connectivity index (χ2n) is 7.42. The molecule has 1 unspecified atom stereocenters. The summed E-state index contributed by atoms with van der Waals surface area (Å²) in [6.07, 6.45) is 2.35. The predicted molar refractivity (Wildman–Crippen MR) is 113 cm³/mol. The molecule has 0 aromatic heterocycles. The first-order valence-electron chi connectivity index (χ1n) is 9.81. The summed E-state index contributed by atoms with van der Waals surface area (Å²) < 4.78 is 27.3. The van der Waals surface area contributed by atoms with Gasteiger partial charge in [-0.2, -0.15) is 0 Å². The Labute approximate surface area is 167 Å². The molecule has 0 spiro atoms. The Hall–Kier alpha value is -2.18. The molecule has 0 aliphatic carbocycles. The maximum atomic E-state index is 12.9. The molecule has 1 heterocycles. The van der Waals surface area contributed by atoms with Crippen molar-refractivity contribution in [3.63, 3.8) is 0 Å². The average Bonchev–Trinajstić information content (AvgIpc) is 2.70. The van der Waals surface area contributed by atoms with E-state index in [1.165, 1.54) is 9.87 Å². The molecule has 1 N–H and O–H groups in total. The standard InChI is InChI=1S/C22H28N2O3S/c1-3-18-10-12-21(13-11-18)23-22(25)19-9-6-14-24(15-19)28(26,27)16-20-8-5-4-7-17(20)2/h4-5,7-8,10-13,19H,3,6,9,14-16H2,1-2H3,(H,23,25). The maximum absolute atomic E-state index is 12.9. The number of sulfonamides is 1. The molecule has 5 nitrogen and oxygen atoms in total. The highest BCUT2D eigenvalue weighted by atomic mass is 32.2. The zero-order valence-electron chi connectivity index (χ0n) is 16.5. The fourth-order valence-corrected chi connectivity index (χ4v) is 5.25. The number of piperidine rings is 1. The van der Waals surface area contributed by atoms with Crippen molar-refractivity contribution in [3.05, 3.63) is 65.2 Å². The van der Waals surface area contributed by atoms with Crippen molar-refractivity contribution in [3.8, 4) is 0 Å². The Morgan fingerprint density at radius 1 is 1.14 bits per heavy atom. The van der Waals surface area contributed by atoms with Gasteiger partial charge in [-0.05, 0) is 55.0 Å². The molecule has 1 aliphatic rings. The van der Waals surface area contributed by atoms with Crippen LogP contribution in [0.3, 0.4) is 0 Å². The second kappa shape index (κ2) is 8.88. The minimum atomic E-state index is -3.45. The van der Waals surface area contributed by atoms with E-state index in [0.717, 1.165) is 23.2 Å². The van der Waals surface area contributed by atoms with Gasteiger partial charge in [-0.25, -0.2) is 12.7 Å². The molecule has 0 radical (unpaired) electrons. The highest BCUT2D eigenvalue weighted by molar-refractivity contribution is 7.88. The highest BCUT2D eigenvalue weighted by Crippen LogP contribution is 2.24. The van der Waals surface area contributed by atoms with Gasteiger partial charge in [0.05, 0.1) is 11.7 Å². The van der Waals surface area contributed by atoms with Crippen LogP contribution in [0, 0.1) is 12.8 Å². The van der Waals surface area contributed by atoms with Crippen LogP contribution in [0.25, 0.3) is 0 Å².